The van der Waals surface area contributed by atoms with Crippen molar-refractivity contribution in [1.29, 1.82) is 0 Å². The van der Waals surface area contributed by atoms with Crippen LogP contribution in [0.2, 0.25) is 0 Å². The lowest BCUT2D eigenvalue weighted by Crippen LogP contribution is -2.15. The lowest BCUT2D eigenvalue weighted by molar-refractivity contribution is -0.142. The summed E-state index contributed by atoms with van der Waals surface area (Å²) in [6.45, 7) is 1.76. The highest BCUT2D eigenvalue weighted by Crippen LogP contribution is 2.05. The molecule has 0 aliphatic heterocycles. The van der Waals surface area contributed by atoms with Crippen molar-refractivity contribution >= 4 is 11.9 Å². The molecule has 0 spiro atoms. The Morgan fingerprint density at radius 3 is 2.53 bits per heavy atom. The minimum Gasteiger partial charge on any atom is -0.478 e. The van der Waals surface area contributed by atoms with Crippen molar-refractivity contribution in [2.75, 3.05) is 0 Å². The van der Waals surface area contributed by atoms with Gasteiger partial charge in [-0.3, -0.25) is 0 Å². The van der Waals surface area contributed by atoms with Crippen molar-refractivity contribution in [1.82, 2.24) is 0 Å². The van der Waals surface area contributed by atoms with Gasteiger partial charge in [-0.15, -0.1) is 0 Å². The molecule has 1 aromatic carbocycles. The molecule has 1 atom stereocenters. The molecule has 0 amide bonds. The molecule has 1 N–H and O–H groups in total. The summed E-state index contributed by atoms with van der Waals surface area (Å²) in [7, 11) is 0. The van der Waals surface area contributed by atoms with E-state index in [2.05, 4.69) is 0 Å². The van der Waals surface area contributed by atoms with E-state index < -0.39 is 11.9 Å². The third kappa shape index (κ3) is 5.51. The maximum Gasteiger partial charge on any atom is 0.331 e. The van der Waals surface area contributed by atoms with Gasteiger partial charge in [-0.2, -0.15) is 0 Å². The van der Waals surface area contributed by atoms with Crippen LogP contribution in [-0.2, 0) is 20.7 Å². The number of carboxylic acids is 1. The normalized spacial score (nSPS) is 12.3. The molecular formula is C13H14O4. The van der Waals surface area contributed by atoms with E-state index in [9.17, 15) is 9.59 Å². The Balaban J connectivity index is 2.42. The largest absolute Gasteiger partial charge is 0.478 e. The molecule has 1 unspecified atom stereocenters. The fourth-order valence-corrected chi connectivity index (χ4v) is 1.36. The first-order valence-electron chi connectivity index (χ1n) is 5.23. The van der Waals surface area contributed by atoms with Gasteiger partial charge in [-0.25, -0.2) is 9.59 Å². The first-order valence-corrected chi connectivity index (χ1v) is 5.23. The van der Waals surface area contributed by atoms with Crippen LogP contribution in [0.3, 0.4) is 0 Å². The SMILES string of the molecule is CC(Cc1ccccc1)OC(=O)/C=C/C(=O)O. The van der Waals surface area contributed by atoms with Gasteiger partial charge in [0, 0.05) is 18.6 Å². The van der Waals surface area contributed by atoms with Crippen LogP contribution in [0.25, 0.3) is 0 Å². The third-order valence-electron chi connectivity index (χ3n) is 2.05. The quantitative estimate of drug-likeness (QED) is 0.623. The number of ether oxygens (including phenoxy) is 1. The molecule has 0 saturated heterocycles. The molecule has 1 aromatic rings. The minimum atomic E-state index is -1.17. The van der Waals surface area contributed by atoms with E-state index in [4.69, 9.17) is 9.84 Å². The van der Waals surface area contributed by atoms with Crippen molar-refractivity contribution in [3.05, 3.63) is 48.0 Å². The molecule has 4 nitrogen and oxygen atoms in total. The fraction of sp³-hybridized carbons (Fsp3) is 0.231. The standard InChI is InChI=1S/C13H14O4/c1-10(9-11-5-3-2-4-6-11)17-13(16)8-7-12(14)15/h2-8,10H,9H2,1H3,(H,14,15)/b8-7+. The molecule has 0 aliphatic carbocycles. The maximum atomic E-state index is 11.2. The van der Waals surface area contributed by atoms with Crippen molar-refractivity contribution < 1.29 is 19.4 Å². The molecule has 0 aromatic heterocycles. The van der Waals surface area contributed by atoms with Gasteiger partial charge in [-0.05, 0) is 12.5 Å². The van der Waals surface area contributed by atoms with Crippen LogP contribution in [0.15, 0.2) is 42.5 Å². The van der Waals surface area contributed by atoms with E-state index in [1.165, 1.54) is 0 Å². The summed E-state index contributed by atoms with van der Waals surface area (Å²) >= 11 is 0. The predicted octanol–water partition coefficient (Wildman–Crippen LogP) is 1.80. The first kappa shape index (κ1) is 13.0. The third-order valence-corrected chi connectivity index (χ3v) is 2.05. The van der Waals surface area contributed by atoms with E-state index in [-0.39, 0.29) is 6.10 Å². The Hall–Kier alpha value is -2.10. The number of carbonyl (C=O) groups excluding carboxylic acids is 1. The zero-order valence-electron chi connectivity index (χ0n) is 9.50. The van der Waals surface area contributed by atoms with Crippen LogP contribution in [0.1, 0.15) is 12.5 Å². The summed E-state index contributed by atoms with van der Waals surface area (Å²) in [5.74, 6) is -1.81. The summed E-state index contributed by atoms with van der Waals surface area (Å²) in [6.07, 6.45) is 1.98. The van der Waals surface area contributed by atoms with Gasteiger partial charge < -0.3 is 9.84 Å². The second kappa shape index (κ2) is 6.48. The number of carboxylic acid groups (broad SMARTS) is 1. The Morgan fingerprint density at radius 2 is 1.94 bits per heavy atom. The Morgan fingerprint density at radius 1 is 1.29 bits per heavy atom. The molecule has 0 radical (unpaired) electrons. The van der Waals surface area contributed by atoms with Gasteiger partial charge in [-0.1, -0.05) is 30.3 Å². The smallest absolute Gasteiger partial charge is 0.331 e. The van der Waals surface area contributed by atoms with Crippen molar-refractivity contribution in [3.8, 4) is 0 Å². The molecule has 4 heteroatoms. The van der Waals surface area contributed by atoms with Crippen LogP contribution >= 0.6 is 0 Å². The lowest BCUT2D eigenvalue weighted by Gasteiger charge is -2.11. The zero-order chi connectivity index (χ0) is 12.7. The van der Waals surface area contributed by atoms with Crippen LogP contribution in [-0.4, -0.2) is 23.1 Å². The number of esters is 1. The number of hydrogen-bond acceptors (Lipinski definition) is 3. The van der Waals surface area contributed by atoms with Crippen molar-refractivity contribution in [2.24, 2.45) is 0 Å². The summed E-state index contributed by atoms with van der Waals surface area (Å²) < 4.78 is 5.02. The Labute approximate surface area is 99.5 Å². The second-order valence-electron chi connectivity index (χ2n) is 3.61. The number of benzene rings is 1. The average molecular weight is 234 g/mol. The Bertz CT molecular complexity index is 409. The van der Waals surface area contributed by atoms with E-state index >= 15 is 0 Å². The summed E-state index contributed by atoms with van der Waals surface area (Å²) in [4.78, 5) is 21.4. The van der Waals surface area contributed by atoms with E-state index in [1.807, 2.05) is 30.3 Å². The maximum absolute atomic E-state index is 11.2. The summed E-state index contributed by atoms with van der Waals surface area (Å²) in [5.41, 5.74) is 1.06. The highest BCUT2D eigenvalue weighted by molar-refractivity contribution is 5.90. The lowest BCUT2D eigenvalue weighted by atomic mass is 10.1. The highest BCUT2D eigenvalue weighted by Gasteiger charge is 2.07. The molecule has 0 aliphatic rings. The number of aliphatic carboxylic acids is 1. The topological polar surface area (TPSA) is 63.6 Å². The zero-order valence-corrected chi connectivity index (χ0v) is 9.50. The van der Waals surface area contributed by atoms with E-state index in [0.29, 0.717) is 6.42 Å². The number of hydrogen-bond donors (Lipinski definition) is 1. The van der Waals surface area contributed by atoms with Crippen molar-refractivity contribution in [2.45, 2.75) is 19.4 Å². The van der Waals surface area contributed by atoms with E-state index in [1.54, 1.807) is 6.92 Å². The molecule has 0 heterocycles. The van der Waals surface area contributed by atoms with Crippen LogP contribution in [0.4, 0.5) is 0 Å². The van der Waals surface area contributed by atoms with Crippen molar-refractivity contribution in [3.63, 3.8) is 0 Å². The molecule has 0 bridgehead atoms. The Kier molecular flexibility index (Phi) is 4.94. The highest BCUT2D eigenvalue weighted by atomic mass is 16.5. The number of carbonyl (C=O) groups is 2. The minimum absolute atomic E-state index is 0.289. The van der Waals surface area contributed by atoms with Gasteiger partial charge in [0.25, 0.3) is 0 Å². The summed E-state index contributed by atoms with van der Waals surface area (Å²) in [6, 6.07) is 9.62. The number of rotatable bonds is 5. The van der Waals surface area contributed by atoms with E-state index in [0.717, 1.165) is 17.7 Å². The van der Waals surface area contributed by atoms with Crippen LogP contribution in [0.5, 0.6) is 0 Å². The van der Waals surface area contributed by atoms with Gasteiger partial charge in [0.15, 0.2) is 0 Å². The molecule has 0 fully saturated rings. The summed E-state index contributed by atoms with van der Waals surface area (Å²) in [5, 5.41) is 8.34. The monoisotopic (exact) mass is 234 g/mol. The van der Waals surface area contributed by atoms with Crippen LogP contribution < -0.4 is 0 Å². The first-order chi connectivity index (χ1) is 8.08. The predicted molar refractivity (Wildman–Crippen MR) is 62.5 cm³/mol. The average Bonchev–Trinajstić information content (AvgIpc) is 2.27. The second-order valence-corrected chi connectivity index (χ2v) is 3.61. The molecule has 17 heavy (non-hydrogen) atoms. The van der Waals surface area contributed by atoms with Crippen LogP contribution in [0, 0.1) is 0 Å². The van der Waals surface area contributed by atoms with Gasteiger partial charge in [0.2, 0.25) is 0 Å². The fourth-order valence-electron chi connectivity index (χ4n) is 1.36. The molecular weight excluding hydrogens is 220 g/mol. The molecule has 90 valence electrons. The molecule has 1 rings (SSSR count). The van der Waals surface area contributed by atoms with Gasteiger partial charge in [0.1, 0.15) is 6.10 Å². The molecule has 0 saturated carbocycles. The van der Waals surface area contributed by atoms with Gasteiger partial charge >= 0.3 is 11.9 Å². The van der Waals surface area contributed by atoms with Gasteiger partial charge in [0.05, 0.1) is 0 Å².